The van der Waals surface area contributed by atoms with Crippen LogP contribution in [0.2, 0.25) is 0 Å². The number of benzene rings is 1. The highest BCUT2D eigenvalue weighted by atomic mass is 32.1. The van der Waals surface area contributed by atoms with Crippen molar-refractivity contribution in [1.82, 2.24) is 10.3 Å². The SMILES string of the molecule is CC(NCC(C)(O)c1ccsc1)c1c[nH]c2cc(F)ccc12. The summed E-state index contributed by atoms with van der Waals surface area (Å²) in [6, 6.07) is 6.72. The molecule has 3 nitrogen and oxygen atoms in total. The van der Waals surface area contributed by atoms with Gasteiger partial charge >= 0.3 is 0 Å². The third-order valence-corrected chi connectivity index (χ3v) is 4.72. The Morgan fingerprint density at radius 3 is 2.95 bits per heavy atom. The van der Waals surface area contributed by atoms with Crippen LogP contribution < -0.4 is 5.32 Å². The van der Waals surface area contributed by atoms with Gasteiger partial charge in [0, 0.05) is 29.7 Å². The third-order valence-electron chi connectivity index (χ3n) is 4.04. The van der Waals surface area contributed by atoms with Gasteiger partial charge < -0.3 is 15.4 Å². The Morgan fingerprint density at radius 2 is 2.23 bits per heavy atom. The maximum atomic E-state index is 13.2. The molecule has 2 atom stereocenters. The number of nitrogens with one attached hydrogen (secondary N) is 2. The minimum absolute atomic E-state index is 0.0457. The zero-order valence-corrected chi connectivity index (χ0v) is 13.4. The number of hydrogen-bond acceptors (Lipinski definition) is 3. The quantitative estimate of drug-likeness (QED) is 0.667. The lowest BCUT2D eigenvalue weighted by atomic mass is 9.98. The molecule has 0 spiro atoms. The first-order chi connectivity index (χ1) is 10.5. The van der Waals surface area contributed by atoms with Crippen LogP contribution >= 0.6 is 11.3 Å². The Hall–Kier alpha value is -1.69. The minimum Gasteiger partial charge on any atom is -0.384 e. The molecule has 0 amide bonds. The predicted octanol–water partition coefficient (Wildman–Crippen LogP) is 3.93. The summed E-state index contributed by atoms with van der Waals surface area (Å²) >= 11 is 1.57. The molecule has 0 saturated carbocycles. The molecule has 0 bridgehead atoms. The molecule has 116 valence electrons. The topological polar surface area (TPSA) is 48.0 Å². The molecule has 5 heteroatoms. The third kappa shape index (κ3) is 2.92. The highest BCUT2D eigenvalue weighted by molar-refractivity contribution is 7.08. The van der Waals surface area contributed by atoms with Crippen molar-refractivity contribution in [2.24, 2.45) is 0 Å². The second kappa shape index (κ2) is 5.83. The second-order valence-electron chi connectivity index (χ2n) is 5.82. The number of thiophene rings is 1. The lowest BCUT2D eigenvalue weighted by molar-refractivity contribution is 0.0548. The molecular weight excluding hydrogens is 299 g/mol. The monoisotopic (exact) mass is 318 g/mol. The van der Waals surface area contributed by atoms with Crippen molar-refractivity contribution in [2.45, 2.75) is 25.5 Å². The van der Waals surface area contributed by atoms with E-state index in [9.17, 15) is 9.50 Å². The second-order valence-corrected chi connectivity index (χ2v) is 6.60. The molecule has 2 heterocycles. The van der Waals surface area contributed by atoms with Crippen molar-refractivity contribution >= 4 is 22.2 Å². The van der Waals surface area contributed by atoms with Crippen molar-refractivity contribution in [1.29, 1.82) is 0 Å². The van der Waals surface area contributed by atoms with Crippen molar-refractivity contribution in [2.75, 3.05) is 6.54 Å². The summed E-state index contributed by atoms with van der Waals surface area (Å²) in [4.78, 5) is 3.09. The molecule has 0 saturated heterocycles. The fourth-order valence-electron chi connectivity index (χ4n) is 2.61. The molecule has 0 aliphatic rings. The van der Waals surface area contributed by atoms with Gasteiger partial charge in [-0.2, -0.15) is 11.3 Å². The van der Waals surface area contributed by atoms with E-state index in [0.717, 1.165) is 22.0 Å². The average molecular weight is 318 g/mol. The maximum absolute atomic E-state index is 13.2. The van der Waals surface area contributed by atoms with E-state index in [-0.39, 0.29) is 11.9 Å². The van der Waals surface area contributed by atoms with Gasteiger partial charge in [-0.15, -0.1) is 0 Å². The van der Waals surface area contributed by atoms with Crippen molar-refractivity contribution in [3.63, 3.8) is 0 Å². The van der Waals surface area contributed by atoms with Gasteiger partial charge in [0.15, 0.2) is 0 Å². The van der Waals surface area contributed by atoms with Crippen molar-refractivity contribution in [3.05, 3.63) is 58.2 Å². The van der Waals surface area contributed by atoms with Gasteiger partial charge in [-0.1, -0.05) is 0 Å². The molecule has 3 rings (SSSR count). The van der Waals surface area contributed by atoms with E-state index in [1.54, 1.807) is 24.3 Å². The molecule has 0 fully saturated rings. The van der Waals surface area contributed by atoms with Gasteiger partial charge in [-0.3, -0.25) is 0 Å². The van der Waals surface area contributed by atoms with E-state index in [2.05, 4.69) is 10.3 Å². The van der Waals surface area contributed by atoms with E-state index in [0.29, 0.717) is 6.54 Å². The number of fused-ring (bicyclic) bond motifs is 1. The van der Waals surface area contributed by atoms with Crippen LogP contribution in [0.3, 0.4) is 0 Å². The molecule has 0 radical (unpaired) electrons. The van der Waals surface area contributed by atoms with Crippen LogP contribution in [0.25, 0.3) is 10.9 Å². The van der Waals surface area contributed by atoms with E-state index in [4.69, 9.17) is 0 Å². The smallest absolute Gasteiger partial charge is 0.125 e. The van der Waals surface area contributed by atoms with E-state index < -0.39 is 5.60 Å². The van der Waals surface area contributed by atoms with Crippen molar-refractivity contribution in [3.8, 4) is 0 Å². The number of H-pyrrole nitrogens is 1. The number of aromatic amines is 1. The molecule has 0 aliphatic heterocycles. The van der Waals surface area contributed by atoms with Crippen LogP contribution in [0.15, 0.2) is 41.2 Å². The summed E-state index contributed by atoms with van der Waals surface area (Å²) in [5.41, 5.74) is 1.86. The number of rotatable bonds is 5. The molecule has 0 aliphatic carbocycles. The number of hydrogen-bond donors (Lipinski definition) is 3. The first-order valence-electron chi connectivity index (χ1n) is 7.22. The number of halogens is 1. The van der Waals surface area contributed by atoms with Gasteiger partial charge in [0.1, 0.15) is 11.4 Å². The molecule has 2 unspecified atom stereocenters. The van der Waals surface area contributed by atoms with Gasteiger partial charge in [0.05, 0.1) is 0 Å². The van der Waals surface area contributed by atoms with Gasteiger partial charge in [-0.25, -0.2) is 4.39 Å². The van der Waals surface area contributed by atoms with E-state index in [1.807, 2.05) is 29.9 Å². The largest absolute Gasteiger partial charge is 0.384 e. The van der Waals surface area contributed by atoms with Gasteiger partial charge in [-0.05, 0) is 60.0 Å². The Labute approximate surface area is 132 Å². The number of aliphatic hydroxyl groups is 1. The molecule has 3 N–H and O–H groups in total. The summed E-state index contributed by atoms with van der Waals surface area (Å²) in [5.74, 6) is -0.248. The Bertz CT molecular complexity index is 764. The van der Waals surface area contributed by atoms with Gasteiger partial charge in [0.2, 0.25) is 0 Å². The normalized spacial score (nSPS) is 15.8. The van der Waals surface area contributed by atoms with Crippen molar-refractivity contribution < 1.29 is 9.50 Å². The van der Waals surface area contributed by atoms with Gasteiger partial charge in [0.25, 0.3) is 0 Å². The molecule has 2 aromatic heterocycles. The van der Waals surface area contributed by atoms with E-state index >= 15 is 0 Å². The summed E-state index contributed by atoms with van der Waals surface area (Å²) in [6.45, 7) is 4.29. The zero-order valence-electron chi connectivity index (χ0n) is 12.6. The highest BCUT2D eigenvalue weighted by Gasteiger charge is 2.24. The van der Waals surface area contributed by atoms with Crippen LogP contribution in [0.1, 0.15) is 31.0 Å². The summed E-state index contributed by atoms with van der Waals surface area (Å²) in [6.07, 6.45) is 1.89. The van der Waals surface area contributed by atoms with E-state index in [1.165, 1.54) is 12.1 Å². The van der Waals surface area contributed by atoms with Crippen LogP contribution in [0, 0.1) is 5.82 Å². The Morgan fingerprint density at radius 1 is 1.41 bits per heavy atom. The minimum atomic E-state index is -0.910. The summed E-state index contributed by atoms with van der Waals surface area (Å²) < 4.78 is 13.2. The maximum Gasteiger partial charge on any atom is 0.125 e. The molecule has 3 aromatic rings. The first-order valence-corrected chi connectivity index (χ1v) is 8.16. The fourth-order valence-corrected chi connectivity index (χ4v) is 3.40. The Kier molecular flexibility index (Phi) is 4.04. The molecule has 22 heavy (non-hydrogen) atoms. The average Bonchev–Trinajstić information content (AvgIpc) is 3.14. The fraction of sp³-hybridized carbons (Fsp3) is 0.294. The lowest BCUT2D eigenvalue weighted by Gasteiger charge is -2.25. The number of aromatic nitrogens is 1. The summed E-state index contributed by atoms with van der Waals surface area (Å²) in [7, 11) is 0. The van der Waals surface area contributed by atoms with Crippen LogP contribution in [-0.4, -0.2) is 16.6 Å². The Balaban J connectivity index is 1.75. The lowest BCUT2D eigenvalue weighted by Crippen LogP contribution is -2.36. The van der Waals surface area contributed by atoms with Crippen LogP contribution in [0.5, 0.6) is 0 Å². The standard InChI is InChI=1S/C17H19FN2OS/c1-11(20-10-17(2,21)12-5-6-22-9-12)15-8-19-16-7-13(18)3-4-14(15)16/h3-9,11,19-21H,10H2,1-2H3. The van der Waals surface area contributed by atoms with Crippen LogP contribution in [0.4, 0.5) is 4.39 Å². The highest BCUT2D eigenvalue weighted by Crippen LogP contribution is 2.27. The zero-order chi connectivity index (χ0) is 15.7. The summed E-state index contributed by atoms with van der Waals surface area (Å²) in [5, 5.41) is 18.8. The molecular formula is C17H19FN2OS. The van der Waals surface area contributed by atoms with Crippen LogP contribution in [-0.2, 0) is 5.60 Å². The molecule has 1 aromatic carbocycles. The first kappa shape index (κ1) is 15.2. The predicted molar refractivity (Wildman–Crippen MR) is 88.6 cm³/mol.